The number of benzene rings is 1. The van der Waals surface area contributed by atoms with Crippen molar-refractivity contribution in [1.82, 2.24) is 15.5 Å². The van der Waals surface area contributed by atoms with Gasteiger partial charge >= 0.3 is 6.03 Å². The lowest BCUT2D eigenvalue weighted by atomic mass is 9.91. The van der Waals surface area contributed by atoms with Gasteiger partial charge in [0.15, 0.2) is 0 Å². The molecule has 1 saturated carbocycles. The Kier molecular flexibility index (Phi) is 6.05. The first-order chi connectivity index (χ1) is 13.0. The molecule has 6 heteroatoms. The molecule has 2 unspecified atom stereocenters. The van der Waals surface area contributed by atoms with Crippen LogP contribution in [0.4, 0.5) is 10.5 Å². The molecule has 0 aromatic heterocycles. The molecule has 3 rings (SSSR count). The fourth-order valence-corrected chi connectivity index (χ4v) is 4.16. The average Bonchev–Trinajstić information content (AvgIpc) is 3.36. The van der Waals surface area contributed by atoms with E-state index in [4.69, 9.17) is 0 Å². The van der Waals surface area contributed by atoms with Crippen molar-refractivity contribution in [1.29, 1.82) is 0 Å². The highest BCUT2D eigenvalue weighted by Crippen LogP contribution is 2.58. The summed E-state index contributed by atoms with van der Waals surface area (Å²) in [4.78, 5) is 26.5. The maximum absolute atomic E-state index is 12.6. The van der Waals surface area contributed by atoms with Gasteiger partial charge in [0.25, 0.3) is 0 Å². The van der Waals surface area contributed by atoms with Gasteiger partial charge in [0.1, 0.15) is 0 Å². The first-order valence-electron chi connectivity index (χ1n) is 10.2. The van der Waals surface area contributed by atoms with Crippen molar-refractivity contribution in [2.24, 2.45) is 11.3 Å². The minimum absolute atomic E-state index is 0.0376. The van der Waals surface area contributed by atoms with E-state index in [0.717, 1.165) is 43.6 Å². The summed E-state index contributed by atoms with van der Waals surface area (Å²) in [6, 6.07) is 7.60. The Morgan fingerprint density at radius 1 is 1.19 bits per heavy atom. The zero-order valence-electron chi connectivity index (χ0n) is 16.7. The van der Waals surface area contributed by atoms with Crippen LogP contribution < -0.4 is 16.0 Å². The summed E-state index contributed by atoms with van der Waals surface area (Å²) in [6.07, 6.45) is 3.25. The second kappa shape index (κ2) is 8.30. The molecule has 148 valence electrons. The van der Waals surface area contributed by atoms with E-state index in [1.54, 1.807) is 4.90 Å². The van der Waals surface area contributed by atoms with Crippen LogP contribution in [0.1, 0.15) is 51.6 Å². The van der Waals surface area contributed by atoms with Gasteiger partial charge in [-0.15, -0.1) is 0 Å². The van der Waals surface area contributed by atoms with Gasteiger partial charge in [-0.05, 0) is 76.2 Å². The lowest BCUT2D eigenvalue weighted by molar-refractivity contribution is -0.123. The van der Waals surface area contributed by atoms with Gasteiger partial charge in [-0.2, -0.15) is 0 Å². The molecule has 1 aliphatic carbocycles. The van der Waals surface area contributed by atoms with Crippen LogP contribution in [-0.4, -0.2) is 43.0 Å². The maximum atomic E-state index is 12.6. The number of hydrogen-bond acceptors (Lipinski definition) is 3. The van der Waals surface area contributed by atoms with Crippen molar-refractivity contribution in [3.63, 3.8) is 0 Å². The summed E-state index contributed by atoms with van der Waals surface area (Å²) in [5.74, 6) is 0.359. The van der Waals surface area contributed by atoms with E-state index in [1.807, 2.05) is 45.0 Å². The van der Waals surface area contributed by atoms with Crippen molar-refractivity contribution in [2.45, 2.75) is 46.1 Å². The smallest absolute Gasteiger partial charge is 0.321 e. The monoisotopic (exact) mass is 372 g/mol. The van der Waals surface area contributed by atoms with E-state index in [0.29, 0.717) is 13.1 Å². The minimum Gasteiger partial charge on any atom is -0.349 e. The number of carbonyl (C=O) groups is 2. The van der Waals surface area contributed by atoms with Crippen LogP contribution in [0.25, 0.3) is 0 Å². The Balaban J connectivity index is 1.52. The van der Waals surface area contributed by atoms with E-state index >= 15 is 0 Å². The maximum Gasteiger partial charge on any atom is 0.321 e. The molecule has 3 amide bonds. The Morgan fingerprint density at radius 2 is 1.81 bits per heavy atom. The molecule has 27 heavy (non-hydrogen) atoms. The van der Waals surface area contributed by atoms with Crippen LogP contribution >= 0.6 is 0 Å². The van der Waals surface area contributed by atoms with Crippen LogP contribution in [-0.2, 0) is 4.79 Å². The fraction of sp³-hybridized carbons (Fsp3) is 0.619. The predicted octanol–water partition coefficient (Wildman–Crippen LogP) is 3.13. The van der Waals surface area contributed by atoms with Crippen LogP contribution in [0.3, 0.4) is 0 Å². The Bertz CT molecular complexity index is 663. The number of nitrogens with zero attached hydrogens (tertiary/aromatic N) is 1. The van der Waals surface area contributed by atoms with Gasteiger partial charge in [0.2, 0.25) is 5.91 Å². The Labute approximate surface area is 162 Å². The van der Waals surface area contributed by atoms with Crippen LogP contribution in [0.15, 0.2) is 24.3 Å². The Morgan fingerprint density at radius 3 is 2.41 bits per heavy atom. The van der Waals surface area contributed by atoms with Gasteiger partial charge in [-0.3, -0.25) is 4.79 Å². The normalized spacial score (nSPS) is 21.4. The third-order valence-corrected chi connectivity index (χ3v) is 6.18. The van der Waals surface area contributed by atoms with Gasteiger partial charge in [0, 0.05) is 24.7 Å². The summed E-state index contributed by atoms with van der Waals surface area (Å²) in [6.45, 7) is 9.36. The number of hydrogen-bond donors (Lipinski definition) is 3. The summed E-state index contributed by atoms with van der Waals surface area (Å²) < 4.78 is 0. The number of piperidine rings is 1. The van der Waals surface area contributed by atoms with Crippen molar-refractivity contribution >= 4 is 17.6 Å². The van der Waals surface area contributed by atoms with Gasteiger partial charge in [0.05, 0.1) is 6.04 Å². The lowest BCUT2D eigenvalue weighted by Gasteiger charge is -2.24. The highest BCUT2D eigenvalue weighted by atomic mass is 16.2. The van der Waals surface area contributed by atoms with Crippen LogP contribution in [0.5, 0.6) is 0 Å². The fourth-order valence-electron chi connectivity index (χ4n) is 4.16. The van der Waals surface area contributed by atoms with Crippen molar-refractivity contribution < 1.29 is 9.59 Å². The number of urea groups is 1. The molecule has 2 fully saturated rings. The number of amides is 3. The molecule has 1 aliphatic heterocycles. The van der Waals surface area contributed by atoms with E-state index in [9.17, 15) is 9.59 Å². The van der Waals surface area contributed by atoms with Crippen molar-refractivity contribution in [2.75, 3.05) is 31.5 Å². The third-order valence-electron chi connectivity index (χ3n) is 6.18. The van der Waals surface area contributed by atoms with E-state index < -0.39 is 0 Å². The first kappa shape index (κ1) is 19.7. The molecule has 1 spiro atoms. The highest BCUT2D eigenvalue weighted by molar-refractivity contribution is 5.89. The van der Waals surface area contributed by atoms with Crippen molar-refractivity contribution in [3.8, 4) is 0 Å². The number of carbonyl (C=O) groups excluding carboxylic acids is 2. The number of rotatable bonds is 6. The van der Waals surface area contributed by atoms with Crippen molar-refractivity contribution in [3.05, 3.63) is 29.8 Å². The molecule has 1 aromatic rings. The standard InChI is InChI=1S/C21H32N4O2/c1-4-25(5-2)20(27)24-17-8-6-16(7-9-17)15(3)23-19(26)18-14-21(18)10-12-22-13-11-21/h6-9,15,18,22H,4-5,10-14H2,1-3H3,(H,23,26)(H,24,27). The molecule has 1 saturated heterocycles. The second-order valence-electron chi connectivity index (χ2n) is 7.82. The predicted molar refractivity (Wildman–Crippen MR) is 108 cm³/mol. The molecule has 6 nitrogen and oxygen atoms in total. The lowest BCUT2D eigenvalue weighted by Crippen LogP contribution is -2.34. The molecule has 1 aromatic carbocycles. The molecule has 2 aliphatic rings. The van der Waals surface area contributed by atoms with Crippen LogP contribution in [0, 0.1) is 11.3 Å². The van der Waals surface area contributed by atoms with Gasteiger partial charge in [-0.1, -0.05) is 12.1 Å². The van der Waals surface area contributed by atoms with Crippen LogP contribution in [0.2, 0.25) is 0 Å². The summed E-state index contributed by atoms with van der Waals surface area (Å²) in [5, 5.41) is 9.46. The zero-order valence-corrected chi connectivity index (χ0v) is 16.7. The van der Waals surface area contributed by atoms with Gasteiger partial charge < -0.3 is 20.9 Å². The second-order valence-corrected chi connectivity index (χ2v) is 7.82. The molecular weight excluding hydrogens is 340 g/mol. The number of nitrogens with one attached hydrogen (secondary N) is 3. The van der Waals surface area contributed by atoms with E-state index in [-0.39, 0.29) is 29.3 Å². The third kappa shape index (κ3) is 4.43. The molecule has 0 radical (unpaired) electrons. The number of anilines is 1. The van der Waals surface area contributed by atoms with Gasteiger partial charge in [-0.25, -0.2) is 4.79 Å². The minimum atomic E-state index is -0.0879. The molecule has 3 N–H and O–H groups in total. The summed E-state index contributed by atoms with van der Waals surface area (Å²) in [5.41, 5.74) is 2.07. The first-order valence-corrected chi connectivity index (χ1v) is 10.2. The average molecular weight is 373 g/mol. The Hall–Kier alpha value is -2.08. The molecule has 0 bridgehead atoms. The molecule has 2 atom stereocenters. The largest absolute Gasteiger partial charge is 0.349 e. The summed E-state index contributed by atoms with van der Waals surface area (Å²) in [7, 11) is 0. The molecule has 1 heterocycles. The topological polar surface area (TPSA) is 73.5 Å². The van der Waals surface area contributed by atoms with E-state index in [1.165, 1.54) is 0 Å². The highest BCUT2D eigenvalue weighted by Gasteiger charge is 2.57. The molecular formula is C21H32N4O2. The van der Waals surface area contributed by atoms with E-state index in [2.05, 4.69) is 16.0 Å². The SMILES string of the molecule is CCN(CC)C(=O)Nc1ccc(C(C)NC(=O)C2CC23CCNCC3)cc1. The zero-order chi connectivity index (χ0) is 19.4. The quantitative estimate of drug-likeness (QED) is 0.718. The summed E-state index contributed by atoms with van der Waals surface area (Å²) >= 11 is 0.